The van der Waals surface area contributed by atoms with Crippen LogP contribution < -0.4 is 10.2 Å². The molecule has 2 heterocycles. The maximum Gasteiger partial charge on any atom is 0.256 e. The number of hydrogen-bond donors (Lipinski definition) is 3. The van der Waals surface area contributed by atoms with Crippen molar-refractivity contribution < 1.29 is 15.0 Å². The van der Waals surface area contributed by atoms with Gasteiger partial charge in [0.15, 0.2) is 6.10 Å². The van der Waals surface area contributed by atoms with E-state index in [1.807, 2.05) is 48.5 Å². The minimum atomic E-state index is -1.62. The third-order valence-corrected chi connectivity index (χ3v) is 6.56. The van der Waals surface area contributed by atoms with Crippen molar-refractivity contribution in [2.45, 2.75) is 19.1 Å². The Hall–Kier alpha value is -2.52. The molecular formula is C22H26N4O3S. The number of carbonyl (C=O) groups is 1. The van der Waals surface area contributed by atoms with Gasteiger partial charge in [0.2, 0.25) is 0 Å². The van der Waals surface area contributed by atoms with Crippen LogP contribution in [0.4, 0.5) is 11.4 Å². The summed E-state index contributed by atoms with van der Waals surface area (Å²) < 4.78 is 0.899. The molecular weight excluding hydrogens is 400 g/mol. The molecule has 0 aliphatic carbocycles. The zero-order valence-corrected chi connectivity index (χ0v) is 17.7. The number of nitrogens with one attached hydrogen (secondary N) is 1. The summed E-state index contributed by atoms with van der Waals surface area (Å²) >= 11 is 1.27. The van der Waals surface area contributed by atoms with E-state index in [0.29, 0.717) is 10.7 Å². The molecule has 4 rings (SSSR count). The van der Waals surface area contributed by atoms with Gasteiger partial charge in [0.05, 0.1) is 21.6 Å². The lowest BCUT2D eigenvalue weighted by molar-refractivity contribution is -0.129. The van der Waals surface area contributed by atoms with Crippen LogP contribution in [0.5, 0.6) is 0 Å². The number of anilines is 2. The molecule has 2 unspecified atom stereocenters. The highest BCUT2D eigenvalue weighted by Gasteiger charge is 2.29. The van der Waals surface area contributed by atoms with Crippen LogP contribution >= 0.6 is 11.3 Å². The number of aliphatic hydroxyl groups excluding tert-OH is 2. The average Bonchev–Trinajstić information content (AvgIpc) is 3.23. The molecule has 30 heavy (non-hydrogen) atoms. The van der Waals surface area contributed by atoms with E-state index in [-0.39, 0.29) is 0 Å². The second-order valence-electron chi connectivity index (χ2n) is 7.34. The molecule has 0 radical (unpaired) electrons. The van der Waals surface area contributed by atoms with E-state index in [0.717, 1.165) is 48.6 Å². The number of likely N-dealkylation sites (N-methyl/N-ethyl adjacent to an activating group) is 1. The van der Waals surface area contributed by atoms with Gasteiger partial charge in [-0.05, 0) is 30.8 Å². The van der Waals surface area contributed by atoms with Crippen molar-refractivity contribution in [3.63, 3.8) is 0 Å². The Balaban J connectivity index is 1.47. The monoisotopic (exact) mass is 426 g/mol. The smallest absolute Gasteiger partial charge is 0.256 e. The SMILES string of the molecule is CCN1CCN(c2ccccc2NC(=O)C(O)C(O)c2nc3ccccc3s2)CC1. The summed E-state index contributed by atoms with van der Waals surface area (Å²) in [5.74, 6) is -0.651. The zero-order chi connectivity index (χ0) is 21.1. The molecule has 1 aliphatic rings. The highest BCUT2D eigenvalue weighted by Crippen LogP contribution is 2.30. The maximum atomic E-state index is 12.7. The van der Waals surface area contributed by atoms with Gasteiger partial charge < -0.3 is 25.3 Å². The number of carbonyl (C=O) groups excluding carboxylic acids is 1. The molecule has 3 N–H and O–H groups in total. The van der Waals surface area contributed by atoms with Gasteiger partial charge >= 0.3 is 0 Å². The number of aromatic nitrogens is 1. The van der Waals surface area contributed by atoms with E-state index in [9.17, 15) is 15.0 Å². The third-order valence-electron chi connectivity index (χ3n) is 5.45. The first-order valence-corrected chi connectivity index (χ1v) is 11.0. The van der Waals surface area contributed by atoms with Crippen LogP contribution in [0.2, 0.25) is 0 Å². The van der Waals surface area contributed by atoms with Gasteiger partial charge in [-0.25, -0.2) is 4.98 Å². The standard InChI is InChI=1S/C22H26N4O3S/c1-2-25-11-13-26(14-12-25)17-9-5-3-7-15(17)23-21(29)19(27)20(28)22-24-16-8-4-6-10-18(16)30-22/h3-10,19-20,27-28H,2,11-14H2,1H3,(H,23,29). The van der Waals surface area contributed by atoms with E-state index in [1.165, 1.54) is 11.3 Å². The van der Waals surface area contributed by atoms with Gasteiger partial charge in [0.25, 0.3) is 5.91 Å². The summed E-state index contributed by atoms with van der Waals surface area (Å²) in [6, 6.07) is 15.0. The summed E-state index contributed by atoms with van der Waals surface area (Å²) in [4.78, 5) is 21.7. The number of nitrogens with zero attached hydrogens (tertiary/aromatic N) is 3. The van der Waals surface area contributed by atoms with Crippen molar-refractivity contribution in [2.24, 2.45) is 0 Å². The fraction of sp³-hybridized carbons (Fsp3) is 0.364. The minimum Gasteiger partial charge on any atom is -0.383 e. The van der Waals surface area contributed by atoms with Crippen LogP contribution in [0.1, 0.15) is 18.0 Å². The molecule has 1 aliphatic heterocycles. The maximum absolute atomic E-state index is 12.7. The lowest BCUT2D eigenvalue weighted by Crippen LogP contribution is -2.46. The largest absolute Gasteiger partial charge is 0.383 e. The number of piperazine rings is 1. The Morgan fingerprint density at radius 1 is 1.10 bits per heavy atom. The van der Waals surface area contributed by atoms with Crippen LogP contribution in [0, 0.1) is 0 Å². The number of hydrogen-bond acceptors (Lipinski definition) is 7. The molecule has 1 aromatic heterocycles. The third kappa shape index (κ3) is 4.32. The Morgan fingerprint density at radius 3 is 2.53 bits per heavy atom. The predicted molar refractivity (Wildman–Crippen MR) is 120 cm³/mol. The second kappa shape index (κ2) is 9.09. The molecule has 0 spiro atoms. The van der Waals surface area contributed by atoms with Crippen molar-refractivity contribution in [1.82, 2.24) is 9.88 Å². The number of amides is 1. The molecule has 1 fully saturated rings. The number of para-hydroxylation sites is 3. The van der Waals surface area contributed by atoms with Gasteiger partial charge in [-0.1, -0.05) is 31.2 Å². The Bertz CT molecular complexity index is 983. The highest BCUT2D eigenvalue weighted by molar-refractivity contribution is 7.18. The molecule has 158 valence electrons. The first-order valence-electron chi connectivity index (χ1n) is 10.2. The van der Waals surface area contributed by atoms with E-state index in [4.69, 9.17) is 0 Å². The van der Waals surface area contributed by atoms with Crippen LogP contribution in [0.3, 0.4) is 0 Å². The quantitative estimate of drug-likeness (QED) is 0.561. The molecule has 2 aromatic carbocycles. The number of benzene rings is 2. The van der Waals surface area contributed by atoms with Crippen molar-refractivity contribution in [2.75, 3.05) is 42.9 Å². The number of fused-ring (bicyclic) bond motifs is 1. The van der Waals surface area contributed by atoms with Gasteiger partial charge in [0, 0.05) is 26.2 Å². The Labute approximate surface area is 179 Å². The summed E-state index contributed by atoms with van der Waals surface area (Å²) in [6.07, 6.45) is -3.00. The minimum absolute atomic E-state index is 0.322. The van der Waals surface area contributed by atoms with Gasteiger partial charge in [-0.15, -0.1) is 11.3 Å². The van der Waals surface area contributed by atoms with Crippen LogP contribution in [-0.4, -0.2) is 64.8 Å². The molecule has 1 amide bonds. The van der Waals surface area contributed by atoms with Gasteiger partial charge in [-0.3, -0.25) is 4.79 Å². The summed E-state index contributed by atoms with van der Waals surface area (Å²) in [5.41, 5.74) is 2.28. The molecule has 7 nitrogen and oxygen atoms in total. The predicted octanol–water partition coefficient (Wildman–Crippen LogP) is 2.47. The van der Waals surface area contributed by atoms with Crippen LogP contribution in [0.15, 0.2) is 48.5 Å². The molecule has 0 saturated carbocycles. The summed E-state index contributed by atoms with van der Waals surface area (Å²) in [7, 11) is 0. The molecule has 8 heteroatoms. The summed E-state index contributed by atoms with van der Waals surface area (Å²) in [6.45, 7) is 6.87. The molecule has 2 atom stereocenters. The van der Waals surface area contributed by atoms with E-state index in [1.54, 1.807) is 0 Å². The van der Waals surface area contributed by atoms with Crippen LogP contribution in [0.25, 0.3) is 10.2 Å². The fourth-order valence-electron chi connectivity index (χ4n) is 3.66. The van der Waals surface area contributed by atoms with Crippen molar-refractivity contribution in [3.8, 4) is 0 Å². The fourth-order valence-corrected chi connectivity index (χ4v) is 4.65. The molecule has 1 saturated heterocycles. The van der Waals surface area contributed by atoms with Gasteiger partial charge in [0.1, 0.15) is 11.1 Å². The zero-order valence-electron chi connectivity index (χ0n) is 16.9. The van der Waals surface area contributed by atoms with Gasteiger partial charge in [-0.2, -0.15) is 0 Å². The van der Waals surface area contributed by atoms with Crippen molar-refractivity contribution in [1.29, 1.82) is 0 Å². The Morgan fingerprint density at radius 2 is 1.80 bits per heavy atom. The van der Waals surface area contributed by atoms with Crippen molar-refractivity contribution >= 4 is 38.8 Å². The first-order chi connectivity index (χ1) is 14.6. The normalized spacial score (nSPS) is 17.1. The average molecular weight is 427 g/mol. The van der Waals surface area contributed by atoms with Crippen LogP contribution in [-0.2, 0) is 4.79 Å². The summed E-state index contributed by atoms with van der Waals surface area (Å²) in [5, 5.41) is 24.1. The highest BCUT2D eigenvalue weighted by atomic mass is 32.1. The van der Waals surface area contributed by atoms with E-state index in [2.05, 4.69) is 27.0 Å². The number of aliphatic hydroxyl groups is 2. The van der Waals surface area contributed by atoms with E-state index >= 15 is 0 Å². The van der Waals surface area contributed by atoms with Crippen molar-refractivity contribution in [3.05, 3.63) is 53.5 Å². The number of rotatable bonds is 6. The Kier molecular flexibility index (Phi) is 6.29. The first kappa shape index (κ1) is 20.7. The lowest BCUT2D eigenvalue weighted by atomic mass is 10.1. The second-order valence-corrected chi connectivity index (χ2v) is 8.40. The molecule has 3 aromatic rings. The number of thiazole rings is 1. The lowest BCUT2D eigenvalue weighted by Gasteiger charge is -2.36. The molecule has 0 bridgehead atoms. The van der Waals surface area contributed by atoms with E-state index < -0.39 is 18.1 Å². The topological polar surface area (TPSA) is 88.9 Å².